The Morgan fingerprint density at radius 3 is 2.66 bits per heavy atom. The zero-order chi connectivity index (χ0) is 20.6. The molecule has 6 heteroatoms. The number of ether oxygens (including phenoxy) is 1. The van der Waals surface area contributed by atoms with Crippen LogP contribution in [-0.2, 0) is 16.0 Å². The van der Waals surface area contributed by atoms with Gasteiger partial charge >= 0.3 is 0 Å². The molecule has 29 heavy (non-hydrogen) atoms. The second-order valence-corrected chi connectivity index (χ2v) is 8.12. The van der Waals surface area contributed by atoms with Crippen molar-refractivity contribution in [3.05, 3.63) is 76.4 Å². The van der Waals surface area contributed by atoms with Crippen LogP contribution < -0.4 is 10.6 Å². The van der Waals surface area contributed by atoms with Gasteiger partial charge in [0, 0.05) is 23.0 Å². The summed E-state index contributed by atoms with van der Waals surface area (Å²) in [7, 11) is 0. The molecule has 5 nitrogen and oxygen atoms in total. The minimum absolute atomic E-state index is 0.0459. The topological polar surface area (TPSA) is 67.4 Å². The quantitative estimate of drug-likeness (QED) is 0.711. The molecule has 0 aliphatic carbocycles. The number of hydrogen-bond donors (Lipinski definition) is 2. The summed E-state index contributed by atoms with van der Waals surface area (Å²) in [6, 6.07) is 17.3. The van der Waals surface area contributed by atoms with E-state index in [1.165, 1.54) is 17.3 Å². The van der Waals surface area contributed by atoms with Crippen molar-refractivity contribution in [2.24, 2.45) is 0 Å². The lowest BCUT2D eigenvalue weighted by Crippen LogP contribution is -2.33. The number of carbonyl (C=O) groups is 2. The van der Waals surface area contributed by atoms with E-state index in [0.717, 1.165) is 18.6 Å². The van der Waals surface area contributed by atoms with Gasteiger partial charge in [-0.25, -0.2) is 0 Å². The molecule has 0 saturated carbocycles. The van der Waals surface area contributed by atoms with Crippen molar-refractivity contribution in [1.29, 1.82) is 0 Å². The van der Waals surface area contributed by atoms with Crippen molar-refractivity contribution < 1.29 is 14.3 Å². The Morgan fingerprint density at radius 2 is 1.90 bits per heavy atom. The molecule has 1 atom stereocenters. The summed E-state index contributed by atoms with van der Waals surface area (Å²) >= 11 is 1.48. The summed E-state index contributed by atoms with van der Waals surface area (Å²) < 4.78 is 5.44. The second kappa shape index (κ2) is 10.2. The number of carbonyl (C=O) groups excluding carboxylic acids is 2. The summed E-state index contributed by atoms with van der Waals surface area (Å²) in [4.78, 5) is 25.7. The molecule has 2 aromatic rings. The SMILES string of the molecule is CC1=C(C(=O)Nc2cccc(C(=O)N[C@@H](C)CCc3ccccc3)c2)SCCO1. The van der Waals surface area contributed by atoms with E-state index in [2.05, 4.69) is 22.8 Å². The number of hydrogen-bond acceptors (Lipinski definition) is 4. The Bertz CT molecular complexity index is 896. The van der Waals surface area contributed by atoms with Crippen molar-refractivity contribution in [3.63, 3.8) is 0 Å². The predicted molar refractivity (Wildman–Crippen MR) is 118 cm³/mol. The van der Waals surface area contributed by atoms with Gasteiger partial charge in [-0.1, -0.05) is 36.4 Å². The van der Waals surface area contributed by atoms with Gasteiger partial charge in [0.25, 0.3) is 11.8 Å². The van der Waals surface area contributed by atoms with Crippen LogP contribution in [0.1, 0.15) is 36.2 Å². The van der Waals surface area contributed by atoms with Gasteiger partial charge in [0.2, 0.25) is 0 Å². The highest BCUT2D eigenvalue weighted by Crippen LogP contribution is 2.26. The van der Waals surface area contributed by atoms with Gasteiger partial charge in [-0.05, 0) is 50.5 Å². The van der Waals surface area contributed by atoms with Crippen LogP contribution in [0, 0.1) is 0 Å². The molecule has 2 aromatic carbocycles. The van der Waals surface area contributed by atoms with Crippen molar-refractivity contribution in [2.45, 2.75) is 32.7 Å². The Labute approximate surface area is 175 Å². The number of benzene rings is 2. The van der Waals surface area contributed by atoms with Crippen molar-refractivity contribution in [3.8, 4) is 0 Å². The molecule has 0 radical (unpaired) electrons. The van der Waals surface area contributed by atoms with E-state index in [-0.39, 0.29) is 17.9 Å². The van der Waals surface area contributed by atoms with Gasteiger partial charge < -0.3 is 15.4 Å². The number of amides is 2. The molecular formula is C23H26N2O3S. The molecule has 1 heterocycles. The van der Waals surface area contributed by atoms with Crippen LogP contribution in [0.3, 0.4) is 0 Å². The third-order valence-electron chi connectivity index (χ3n) is 4.64. The fourth-order valence-electron chi connectivity index (χ4n) is 3.06. The number of thioether (sulfide) groups is 1. The van der Waals surface area contributed by atoms with Crippen molar-refractivity contribution >= 4 is 29.3 Å². The lowest BCUT2D eigenvalue weighted by atomic mass is 10.1. The number of rotatable bonds is 7. The summed E-state index contributed by atoms with van der Waals surface area (Å²) in [6.07, 6.45) is 1.77. The van der Waals surface area contributed by atoms with E-state index in [1.807, 2.05) is 25.1 Å². The first-order valence-corrected chi connectivity index (χ1v) is 10.7. The Hall–Kier alpha value is -2.73. The molecule has 2 amide bonds. The van der Waals surface area contributed by atoms with Gasteiger partial charge in [-0.3, -0.25) is 9.59 Å². The zero-order valence-corrected chi connectivity index (χ0v) is 17.6. The van der Waals surface area contributed by atoms with Crippen LogP contribution >= 0.6 is 11.8 Å². The minimum atomic E-state index is -0.207. The third-order valence-corrected chi connectivity index (χ3v) is 5.78. The van der Waals surface area contributed by atoms with Crippen LogP contribution in [-0.4, -0.2) is 30.2 Å². The maximum atomic E-state index is 12.6. The predicted octanol–water partition coefficient (Wildman–Crippen LogP) is 4.37. The fraction of sp³-hybridized carbons (Fsp3) is 0.304. The second-order valence-electron chi connectivity index (χ2n) is 7.02. The molecule has 0 bridgehead atoms. The molecule has 2 N–H and O–H groups in total. The summed E-state index contributed by atoms with van der Waals surface area (Å²) in [5, 5.41) is 5.89. The number of aryl methyl sites for hydroxylation is 1. The highest BCUT2D eigenvalue weighted by atomic mass is 32.2. The smallest absolute Gasteiger partial charge is 0.265 e. The lowest BCUT2D eigenvalue weighted by Gasteiger charge is -2.18. The van der Waals surface area contributed by atoms with E-state index in [1.54, 1.807) is 31.2 Å². The Morgan fingerprint density at radius 1 is 1.10 bits per heavy atom. The van der Waals surface area contributed by atoms with Crippen LogP contribution in [0.25, 0.3) is 0 Å². The summed E-state index contributed by atoms with van der Waals surface area (Å²) in [6.45, 7) is 4.41. The van der Waals surface area contributed by atoms with Gasteiger partial charge in [-0.15, -0.1) is 11.8 Å². The molecule has 0 fully saturated rings. The molecule has 1 aliphatic rings. The lowest BCUT2D eigenvalue weighted by molar-refractivity contribution is -0.112. The van der Waals surface area contributed by atoms with Crippen LogP contribution in [0.4, 0.5) is 5.69 Å². The first kappa shape index (κ1) is 21.0. The number of nitrogens with one attached hydrogen (secondary N) is 2. The van der Waals surface area contributed by atoms with Gasteiger partial charge in [0.1, 0.15) is 10.7 Å². The van der Waals surface area contributed by atoms with E-state index >= 15 is 0 Å². The van der Waals surface area contributed by atoms with E-state index in [0.29, 0.717) is 28.5 Å². The molecule has 3 rings (SSSR count). The van der Waals surface area contributed by atoms with Crippen LogP contribution in [0.15, 0.2) is 65.3 Å². The molecule has 0 aromatic heterocycles. The highest BCUT2D eigenvalue weighted by Gasteiger charge is 2.19. The standard InChI is InChI=1S/C23H26N2O3S/c1-16(11-12-18-7-4-3-5-8-18)24-22(26)19-9-6-10-20(15-19)25-23(27)21-17(2)28-13-14-29-21/h3-10,15-16H,11-14H2,1-2H3,(H,24,26)(H,25,27)/t16-/m0/s1. The summed E-state index contributed by atoms with van der Waals surface area (Å²) in [5.74, 6) is 1.04. The Kier molecular flexibility index (Phi) is 7.36. The summed E-state index contributed by atoms with van der Waals surface area (Å²) in [5.41, 5.74) is 2.37. The van der Waals surface area contributed by atoms with Crippen LogP contribution in [0.5, 0.6) is 0 Å². The first-order valence-electron chi connectivity index (χ1n) is 9.75. The number of anilines is 1. The largest absolute Gasteiger partial charge is 0.496 e. The molecular weight excluding hydrogens is 384 g/mol. The Balaban J connectivity index is 1.56. The van der Waals surface area contributed by atoms with Crippen molar-refractivity contribution in [2.75, 3.05) is 17.7 Å². The zero-order valence-electron chi connectivity index (χ0n) is 16.7. The van der Waals surface area contributed by atoms with Crippen molar-refractivity contribution in [1.82, 2.24) is 5.32 Å². The average Bonchev–Trinajstić information content (AvgIpc) is 2.73. The van der Waals surface area contributed by atoms with E-state index < -0.39 is 0 Å². The molecule has 0 saturated heterocycles. The van der Waals surface area contributed by atoms with Gasteiger partial charge in [0.15, 0.2) is 0 Å². The maximum Gasteiger partial charge on any atom is 0.265 e. The monoisotopic (exact) mass is 410 g/mol. The fourth-order valence-corrected chi connectivity index (χ4v) is 3.88. The van der Waals surface area contributed by atoms with E-state index in [9.17, 15) is 9.59 Å². The third kappa shape index (κ3) is 6.12. The normalized spacial score (nSPS) is 14.7. The van der Waals surface area contributed by atoms with Gasteiger partial charge in [-0.2, -0.15) is 0 Å². The minimum Gasteiger partial charge on any atom is -0.496 e. The molecule has 1 aliphatic heterocycles. The number of allylic oxidation sites excluding steroid dienone is 1. The first-order chi connectivity index (χ1) is 14.0. The molecule has 0 spiro atoms. The average molecular weight is 411 g/mol. The molecule has 0 unspecified atom stereocenters. The molecule has 152 valence electrons. The van der Waals surface area contributed by atoms with Crippen LogP contribution in [0.2, 0.25) is 0 Å². The maximum absolute atomic E-state index is 12.6. The van der Waals surface area contributed by atoms with Gasteiger partial charge in [0.05, 0.1) is 6.61 Å². The van der Waals surface area contributed by atoms with E-state index in [4.69, 9.17) is 4.74 Å². The highest BCUT2D eigenvalue weighted by molar-refractivity contribution is 8.04.